The highest BCUT2D eigenvalue weighted by Crippen LogP contribution is 2.21. The van der Waals surface area contributed by atoms with Gasteiger partial charge in [0, 0.05) is 30.7 Å². The number of aliphatic hydroxyl groups excluding tert-OH is 1. The van der Waals surface area contributed by atoms with E-state index in [0.29, 0.717) is 12.3 Å². The molecule has 0 fully saturated rings. The highest BCUT2D eigenvalue weighted by molar-refractivity contribution is 7.80. The topological polar surface area (TPSA) is 143 Å². The first-order valence-electron chi connectivity index (χ1n) is 9.69. The van der Waals surface area contributed by atoms with Gasteiger partial charge in [0.05, 0.1) is 6.61 Å². The smallest absolute Gasteiger partial charge is 0.408 e. The van der Waals surface area contributed by atoms with Gasteiger partial charge in [-0.25, -0.2) is 9.59 Å². The molecule has 0 aliphatic rings. The largest absolute Gasteiger partial charge is 0.463 e. The van der Waals surface area contributed by atoms with Gasteiger partial charge in [-0.05, 0) is 27.7 Å². The quantitative estimate of drug-likeness (QED) is 0.227. The molecule has 10 nitrogen and oxygen atoms in total. The fourth-order valence-corrected chi connectivity index (χ4v) is 2.15. The standard InChI is InChI=1S/C19H35N3O7S/c1-12(22-17(27)29-18(2,3)4)16(26)28-11-19(5,6)14(24)15(25)21-8-7-13(23)20-9-10-30/h12,14,24,30H,7-11H2,1-6H3,(H,20,23)(H,21,25)(H,22,27)/t12-,14-/m0/s1. The zero-order valence-corrected chi connectivity index (χ0v) is 19.4. The molecule has 0 aliphatic heterocycles. The van der Waals surface area contributed by atoms with Crippen molar-refractivity contribution in [2.45, 2.75) is 65.7 Å². The number of hydrogen-bond acceptors (Lipinski definition) is 8. The summed E-state index contributed by atoms with van der Waals surface area (Å²) in [5.41, 5.74) is -1.81. The number of carbonyl (C=O) groups excluding carboxylic acids is 4. The lowest BCUT2D eigenvalue weighted by molar-refractivity contribution is -0.154. The third-order valence-corrected chi connectivity index (χ3v) is 3.97. The minimum atomic E-state index is -1.47. The monoisotopic (exact) mass is 449 g/mol. The molecule has 0 radical (unpaired) electrons. The molecule has 0 aromatic heterocycles. The van der Waals surface area contributed by atoms with Crippen LogP contribution in [0.15, 0.2) is 0 Å². The normalized spacial score (nSPS) is 13.6. The van der Waals surface area contributed by atoms with Crippen LogP contribution >= 0.6 is 12.6 Å². The molecular formula is C19H35N3O7S. The lowest BCUT2D eigenvalue weighted by Gasteiger charge is -2.29. The number of carbonyl (C=O) groups is 4. The molecule has 174 valence electrons. The van der Waals surface area contributed by atoms with Crippen molar-refractivity contribution in [1.29, 1.82) is 0 Å². The Morgan fingerprint density at radius 2 is 1.63 bits per heavy atom. The van der Waals surface area contributed by atoms with Crippen molar-refractivity contribution in [2.24, 2.45) is 5.41 Å². The molecule has 2 atom stereocenters. The van der Waals surface area contributed by atoms with Crippen LogP contribution in [0.25, 0.3) is 0 Å². The Morgan fingerprint density at radius 1 is 1.03 bits per heavy atom. The van der Waals surface area contributed by atoms with E-state index in [9.17, 15) is 24.3 Å². The number of rotatable bonds is 11. The summed E-state index contributed by atoms with van der Waals surface area (Å²) in [6.45, 7) is 9.84. The van der Waals surface area contributed by atoms with E-state index in [0.717, 1.165) is 0 Å². The maximum Gasteiger partial charge on any atom is 0.408 e. The van der Waals surface area contributed by atoms with Crippen molar-refractivity contribution in [1.82, 2.24) is 16.0 Å². The van der Waals surface area contributed by atoms with E-state index in [-0.39, 0.29) is 25.5 Å². The van der Waals surface area contributed by atoms with Gasteiger partial charge in [0.2, 0.25) is 11.8 Å². The average Bonchev–Trinajstić information content (AvgIpc) is 2.61. The van der Waals surface area contributed by atoms with Crippen molar-refractivity contribution < 1.29 is 33.8 Å². The van der Waals surface area contributed by atoms with Crippen molar-refractivity contribution in [3.05, 3.63) is 0 Å². The SMILES string of the molecule is C[C@H](NC(=O)OC(C)(C)C)C(=O)OCC(C)(C)[C@@H](O)C(=O)NCCC(=O)NCCS. The molecule has 3 amide bonds. The van der Waals surface area contributed by atoms with E-state index < -0.39 is 41.1 Å². The summed E-state index contributed by atoms with van der Waals surface area (Å²) in [6, 6.07) is -0.975. The highest BCUT2D eigenvalue weighted by atomic mass is 32.1. The predicted molar refractivity (Wildman–Crippen MR) is 114 cm³/mol. The van der Waals surface area contributed by atoms with Gasteiger partial charge in [-0.2, -0.15) is 12.6 Å². The summed E-state index contributed by atoms with van der Waals surface area (Å²) in [5.74, 6) is -1.14. The number of alkyl carbamates (subject to hydrolysis) is 1. The molecule has 0 aromatic carbocycles. The minimum Gasteiger partial charge on any atom is -0.463 e. The predicted octanol–water partition coefficient (Wildman–Crippen LogP) is 0.382. The second kappa shape index (κ2) is 12.6. The van der Waals surface area contributed by atoms with Gasteiger partial charge < -0.3 is 30.5 Å². The summed E-state index contributed by atoms with van der Waals surface area (Å²) >= 11 is 3.98. The number of hydrogen-bond donors (Lipinski definition) is 5. The van der Waals surface area contributed by atoms with E-state index in [2.05, 4.69) is 28.6 Å². The van der Waals surface area contributed by atoms with E-state index in [1.54, 1.807) is 34.6 Å². The molecule has 0 aromatic rings. The van der Waals surface area contributed by atoms with Gasteiger partial charge in [-0.1, -0.05) is 13.8 Å². The molecule has 30 heavy (non-hydrogen) atoms. The Balaban J connectivity index is 4.46. The zero-order chi connectivity index (χ0) is 23.5. The molecular weight excluding hydrogens is 414 g/mol. The van der Waals surface area contributed by atoms with Gasteiger partial charge >= 0.3 is 12.1 Å². The Bertz CT molecular complexity index is 605. The zero-order valence-electron chi connectivity index (χ0n) is 18.5. The lowest BCUT2D eigenvalue weighted by Crippen LogP contribution is -2.48. The van der Waals surface area contributed by atoms with E-state index in [1.165, 1.54) is 6.92 Å². The van der Waals surface area contributed by atoms with Gasteiger partial charge in [-0.15, -0.1) is 0 Å². The fraction of sp³-hybridized carbons (Fsp3) is 0.789. The molecule has 4 N–H and O–H groups in total. The van der Waals surface area contributed by atoms with Crippen molar-refractivity contribution in [3.8, 4) is 0 Å². The number of thiol groups is 1. The first kappa shape index (κ1) is 28.0. The number of amides is 3. The number of nitrogens with one attached hydrogen (secondary N) is 3. The highest BCUT2D eigenvalue weighted by Gasteiger charge is 2.35. The number of ether oxygens (including phenoxy) is 2. The van der Waals surface area contributed by atoms with Crippen LogP contribution in [0.4, 0.5) is 4.79 Å². The maximum atomic E-state index is 12.1. The lowest BCUT2D eigenvalue weighted by atomic mass is 9.87. The molecule has 0 aliphatic carbocycles. The Hall–Kier alpha value is -2.01. The summed E-state index contributed by atoms with van der Waals surface area (Å²) in [7, 11) is 0. The second-order valence-electron chi connectivity index (χ2n) is 8.48. The maximum absolute atomic E-state index is 12.1. The van der Waals surface area contributed by atoms with Gasteiger partial charge in [0.1, 0.15) is 17.7 Å². The van der Waals surface area contributed by atoms with Gasteiger partial charge in [0.25, 0.3) is 0 Å². The second-order valence-corrected chi connectivity index (χ2v) is 8.93. The molecule has 11 heteroatoms. The summed E-state index contributed by atoms with van der Waals surface area (Å²) in [6.07, 6.45) is -2.17. The van der Waals surface area contributed by atoms with Crippen LogP contribution in [0.1, 0.15) is 48.0 Å². The Kier molecular flexibility index (Phi) is 11.8. The average molecular weight is 450 g/mol. The van der Waals surface area contributed by atoms with Crippen LogP contribution in [-0.4, -0.2) is 72.2 Å². The van der Waals surface area contributed by atoms with E-state index in [4.69, 9.17) is 9.47 Å². The third-order valence-electron chi connectivity index (χ3n) is 3.75. The van der Waals surface area contributed by atoms with Crippen molar-refractivity contribution in [3.63, 3.8) is 0 Å². The molecule has 0 unspecified atom stereocenters. The summed E-state index contributed by atoms with van der Waals surface area (Å²) in [5, 5.41) is 17.7. The number of aliphatic hydroxyl groups is 1. The Morgan fingerprint density at radius 3 is 2.17 bits per heavy atom. The minimum absolute atomic E-state index is 0.0566. The van der Waals surface area contributed by atoms with Crippen LogP contribution in [0, 0.1) is 5.41 Å². The third kappa shape index (κ3) is 11.9. The van der Waals surface area contributed by atoms with Crippen LogP contribution in [0.5, 0.6) is 0 Å². The molecule has 0 saturated heterocycles. The van der Waals surface area contributed by atoms with Gasteiger partial charge in [-0.3, -0.25) is 9.59 Å². The summed E-state index contributed by atoms with van der Waals surface area (Å²) in [4.78, 5) is 47.4. The van der Waals surface area contributed by atoms with Crippen LogP contribution in [0.3, 0.4) is 0 Å². The van der Waals surface area contributed by atoms with Crippen molar-refractivity contribution in [2.75, 3.05) is 25.4 Å². The van der Waals surface area contributed by atoms with Crippen molar-refractivity contribution >= 4 is 36.5 Å². The summed E-state index contributed by atoms with van der Waals surface area (Å²) < 4.78 is 10.2. The molecule has 0 bridgehead atoms. The van der Waals surface area contributed by atoms with Crippen LogP contribution < -0.4 is 16.0 Å². The van der Waals surface area contributed by atoms with E-state index in [1.807, 2.05) is 0 Å². The molecule has 0 spiro atoms. The molecule has 0 rings (SSSR count). The first-order chi connectivity index (χ1) is 13.7. The number of esters is 1. The van der Waals surface area contributed by atoms with E-state index >= 15 is 0 Å². The first-order valence-corrected chi connectivity index (χ1v) is 10.3. The fourth-order valence-electron chi connectivity index (χ4n) is 2.04. The molecule has 0 saturated carbocycles. The Labute approximate surface area is 183 Å². The molecule has 0 heterocycles. The van der Waals surface area contributed by atoms with Crippen LogP contribution in [-0.2, 0) is 23.9 Å². The van der Waals surface area contributed by atoms with Crippen LogP contribution in [0.2, 0.25) is 0 Å². The van der Waals surface area contributed by atoms with Gasteiger partial charge in [0.15, 0.2) is 0 Å².